The molecule has 0 heterocycles. The van der Waals surface area contributed by atoms with Gasteiger partial charge in [0.15, 0.2) is 8.32 Å². The first-order valence-corrected chi connectivity index (χ1v) is 26.2. The van der Waals surface area contributed by atoms with Crippen LogP contribution in [0.3, 0.4) is 0 Å². The van der Waals surface area contributed by atoms with Crippen molar-refractivity contribution in [3.05, 3.63) is 12.2 Å². The summed E-state index contributed by atoms with van der Waals surface area (Å²) >= 11 is 0. The highest BCUT2D eigenvalue weighted by molar-refractivity contribution is 6.74. The highest BCUT2D eigenvalue weighted by atomic mass is 28.4. The summed E-state index contributed by atoms with van der Waals surface area (Å²) in [6.45, 7) is 19.9. The maximum absolute atomic E-state index is 13.1. The summed E-state index contributed by atoms with van der Waals surface area (Å²) in [4.78, 5) is 25.1. The standard InChI is InChI=1S/C48H94O5Si/c1-11-12-13-14-15-16-17-18-19-20-21-22-23-24-25-26-27-28-29-31-34-37-40-43(45(49)51-8)44(53-54(9,10)48(5,6)7)41-38-35-32-30-33-36-39-42-52-46(50)47(2,3)4/h34,37,43-44H,11-33,35-36,38-42H2,1-10H3/b37-34+/t43-,44-/m1/s1. The highest BCUT2D eigenvalue weighted by Crippen LogP contribution is 2.39. The van der Waals surface area contributed by atoms with Crippen LogP contribution >= 0.6 is 0 Å². The maximum atomic E-state index is 13.1. The van der Waals surface area contributed by atoms with Gasteiger partial charge in [0, 0.05) is 0 Å². The topological polar surface area (TPSA) is 61.8 Å². The van der Waals surface area contributed by atoms with E-state index < -0.39 is 13.7 Å². The monoisotopic (exact) mass is 779 g/mol. The van der Waals surface area contributed by atoms with Crippen molar-refractivity contribution in [1.29, 1.82) is 0 Å². The zero-order chi connectivity index (χ0) is 40.6. The number of carbonyl (C=O) groups excluding carboxylic acids is 2. The molecule has 0 unspecified atom stereocenters. The molecule has 54 heavy (non-hydrogen) atoms. The SMILES string of the molecule is CCCCCCCCCCCCCCCCCCCCC/C=C/C[C@@H](C(=O)OC)[C@@H](CCCCCCCCCOC(=O)C(C)(C)C)O[Si](C)(C)C(C)(C)C. The Morgan fingerprint density at radius 2 is 0.981 bits per heavy atom. The van der Waals surface area contributed by atoms with Crippen LogP contribution in [-0.2, 0) is 23.5 Å². The Morgan fingerprint density at radius 3 is 1.39 bits per heavy atom. The summed E-state index contributed by atoms with van der Waals surface area (Å²) in [5.74, 6) is -0.520. The summed E-state index contributed by atoms with van der Waals surface area (Å²) < 4.78 is 17.7. The van der Waals surface area contributed by atoms with Crippen molar-refractivity contribution in [2.24, 2.45) is 11.3 Å². The average molecular weight is 779 g/mol. The number of ether oxygens (including phenoxy) is 2. The Balaban J connectivity index is 4.38. The molecule has 0 aromatic rings. The van der Waals surface area contributed by atoms with Crippen molar-refractivity contribution in [3.8, 4) is 0 Å². The van der Waals surface area contributed by atoms with Crippen molar-refractivity contribution in [2.75, 3.05) is 13.7 Å². The van der Waals surface area contributed by atoms with Crippen LogP contribution in [0.4, 0.5) is 0 Å². The van der Waals surface area contributed by atoms with E-state index in [4.69, 9.17) is 13.9 Å². The van der Waals surface area contributed by atoms with Crippen molar-refractivity contribution >= 4 is 20.3 Å². The van der Waals surface area contributed by atoms with Crippen LogP contribution in [0.25, 0.3) is 0 Å². The third-order valence-corrected chi connectivity index (χ3v) is 16.2. The zero-order valence-corrected chi connectivity index (χ0v) is 39.1. The molecule has 0 aliphatic rings. The summed E-state index contributed by atoms with van der Waals surface area (Å²) in [6.07, 6.45) is 41.4. The molecule has 320 valence electrons. The fourth-order valence-corrected chi connectivity index (χ4v) is 8.26. The Bertz CT molecular complexity index is 915. The molecular weight excluding hydrogens is 685 g/mol. The Hall–Kier alpha value is -1.14. The van der Waals surface area contributed by atoms with Gasteiger partial charge in [-0.25, -0.2) is 0 Å². The minimum Gasteiger partial charge on any atom is -0.469 e. The molecule has 0 saturated carbocycles. The number of allylic oxidation sites excluding steroid dienone is 2. The van der Waals surface area contributed by atoms with E-state index in [1.807, 2.05) is 20.8 Å². The van der Waals surface area contributed by atoms with Gasteiger partial charge in [0.1, 0.15) is 0 Å². The van der Waals surface area contributed by atoms with E-state index in [0.29, 0.717) is 13.0 Å². The van der Waals surface area contributed by atoms with Crippen molar-refractivity contribution < 1.29 is 23.5 Å². The van der Waals surface area contributed by atoms with E-state index >= 15 is 0 Å². The van der Waals surface area contributed by atoms with Crippen LogP contribution in [0.15, 0.2) is 12.2 Å². The predicted octanol–water partition coefficient (Wildman–Crippen LogP) is 15.6. The molecule has 0 fully saturated rings. The molecule has 0 N–H and O–H groups in total. The van der Waals surface area contributed by atoms with Crippen LogP contribution in [0, 0.1) is 11.3 Å². The first-order chi connectivity index (χ1) is 25.7. The van der Waals surface area contributed by atoms with Gasteiger partial charge < -0.3 is 13.9 Å². The van der Waals surface area contributed by atoms with Crippen LogP contribution in [-0.4, -0.2) is 40.1 Å². The fraction of sp³-hybridized carbons (Fsp3) is 0.917. The number of hydrogen-bond donors (Lipinski definition) is 0. The third kappa shape index (κ3) is 29.1. The molecule has 0 bridgehead atoms. The van der Waals surface area contributed by atoms with Gasteiger partial charge in [0.2, 0.25) is 0 Å². The minimum atomic E-state index is -2.07. The molecule has 0 amide bonds. The number of unbranched alkanes of at least 4 members (excludes halogenated alkanes) is 25. The van der Waals surface area contributed by atoms with Gasteiger partial charge in [-0.1, -0.05) is 194 Å². The molecule has 0 rings (SSSR count). The lowest BCUT2D eigenvalue weighted by atomic mass is 9.93. The molecule has 0 saturated heterocycles. The molecule has 5 nitrogen and oxygen atoms in total. The molecule has 2 atom stereocenters. The van der Waals surface area contributed by atoms with Gasteiger partial charge in [-0.05, 0) is 71.0 Å². The van der Waals surface area contributed by atoms with Gasteiger partial charge >= 0.3 is 11.9 Å². The van der Waals surface area contributed by atoms with Crippen molar-refractivity contribution in [3.63, 3.8) is 0 Å². The van der Waals surface area contributed by atoms with Crippen LogP contribution < -0.4 is 0 Å². The molecule has 6 heteroatoms. The molecular formula is C48H94O5Si. The summed E-state index contributed by atoms with van der Waals surface area (Å²) in [6, 6.07) is 0. The smallest absolute Gasteiger partial charge is 0.311 e. The second-order valence-electron chi connectivity index (χ2n) is 19.1. The van der Waals surface area contributed by atoms with E-state index in [1.54, 1.807) is 0 Å². The van der Waals surface area contributed by atoms with Gasteiger partial charge in [-0.15, -0.1) is 0 Å². The molecule has 0 aromatic heterocycles. The average Bonchev–Trinajstić information content (AvgIpc) is 3.11. The zero-order valence-electron chi connectivity index (χ0n) is 38.1. The van der Waals surface area contributed by atoms with Crippen molar-refractivity contribution in [2.45, 2.75) is 259 Å². The largest absolute Gasteiger partial charge is 0.469 e. The Labute approximate surface area is 338 Å². The second kappa shape index (κ2) is 32.9. The van der Waals surface area contributed by atoms with Crippen molar-refractivity contribution in [1.82, 2.24) is 0 Å². The van der Waals surface area contributed by atoms with Crippen LogP contribution in [0.5, 0.6) is 0 Å². The predicted molar refractivity (Wildman–Crippen MR) is 237 cm³/mol. The lowest BCUT2D eigenvalue weighted by Gasteiger charge is -2.41. The summed E-state index contributed by atoms with van der Waals surface area (Å²) in [5, 5.41) is 0.0788. The molecule has 0 radical (unpaired) electrons. The minimum absolute atomic E-state index is 0.0788. The third-order valence-electron chi connectivity index (χ3n) is 11.7. The molecule has 0 spiro atoms. The number of methoxy groups -OCH3 is 1. The lowest BCUT2D eigenvalue weighted by Crippen LogP contribution is -2.47. The van der Waals surface area contributed by atoms with E-state index in [0.717, 1.165) is 44.9 Å². The highest BCUT2D eigenvalue weighted by Gasteiger charge is 2.42. The normalized spacial score (nSPS) is 13.7. The quantitative estimate of drug-likeness (QED) is 0.0274. The van der Waals surface area contributed by atoms with Crippen LogP contribution in [0.2, 0.25) is 18.1 Å². The van der Waals surface area contributed by atoms with Gasteiger partial charge in [-0.3, -0.25) is 9.59 Å². The Kier molecular flexibility index (Phi) is 32.2. The van der Waals surface area contributed by atoms with E-state index in [9.17, 15) is 9.59 Å². The van der Waals surface area contributed by atoms with E-state index in [1.165, 1.54) is 142 Å². The molecule has 0 aromatic carbocycles. The first-order valence-electron chi connectivity index (χ1n) is 23.2. The second-order valence-corrected chi connectivity index (χ2v) is 23.8. The fourth-order valence-electron chi connectivity index (χ4n) is 6.86. The summed E-state index contributed by atoms with van der Waals surface area (Å²) in [7, 11) is -0.551. The van der Waals surface area contributed by atoms with Gasteiger partial charge in [-0.2, -0.15) is 0 Å². The molecule has 0 aliphatic heterocycles. The number of esters is 2. The molecule has 0 aliphatic carbocycles. The lowest BCUT2D eigenvalue weighted by molar-refractivity contribution is -0.153. The van der Waals surface area contributed by atoms with Gasteiger partial charge in [0.05, 0.1) is 31.2 Å². The number of rotatable bonds is 36. The van der Waals surface area contributed by atoms with Crippen LogP contribution in [0.1, 0.15) is 235 Å². The first kappa shape index (κ1) is 52.9. The number of carbonyl (C=O) groups is 2. The van der Waals surface area contributed by atoms with E-state index in [-0.39, 0.29) is 29.0 Å². The Morgan fingerprint density at radius 1 is 0.574 bits per heavy atom. The maximum Gasteiger partial charge on any atom is 0.311 e. The summed E-state index contributed by atoms with van der Waals surface area (Å²) in [5.41, 5.74) is -0.431. The van der Waals surface area contributed by atoms with Gasteiger partial charge in [0.25, 0.3) is 0 Å². The number of hydrogen-bond acceptors (Lipinski definition) is 5. The van der Waals surface area contributed by atoms with E-state index in [2.05, 4.69) is 52.9 Å².